The van der Waals surface area contributed by atoms with Gasteiger partial charge in [-0.3, -0.25) is 9.59 Å². The summed E-state index contributed by atoms with van der Waals surface area (Å²) in [5.41, 5.74) is 6.01. The Hall–Kier alpha value is -2.37. The summed E-state index contributed by atoms with van der Waals surface area (Å²) < 4.78 is 4.56. The average molecular weight is 264 g/mol. The third kappa shape index (κ3) is 4.42. The van der Waals surface area contributed by atoms with Crippen molar-refractivity contribution < 1.29 is 19.1 Å². The van der Waals surface area contributed by atoms with Crippen LogP contribution in [0.4, 0.5) is 5.69 Å². The van der Waals surface area contributed by atoms with Crippen LogP contribution in [0.5, 0.6) is 0 Å². The van der Waals surface area contributed by atoms with E-state index < -0.39 is 17.8 Å². The van der Waals surface area contributed by atoms with E-state index in [0.29, 0.717) is 11.3 Å². The number of esters is 1. The molecule has 1 rings (SSSR count). The van der Waals surface area contributed by atoms with Crippen molar-refractivity contribution in [2.45, 2.75) is 13.3 Å². The molecule has 0 spiro atoms. The molecule has 0 radical (unpaired) electrons. The van der Waals surface area contributed by atoms with Gasteiger partial charge < -0.3 is 15.8 Å². The molecular formula is C13H16N2O4. The van der Waals surface area contributed by atoms with Gasteiger partial charge in [-0.1, -0.05) is 6.92 Å². The van der Waals surface area contributed by atoms with Gasteiger partial charge in [-0.05, 0) is 24.3 Å². The van der Waals surface area contributed by atoms with Crippen molar-refractivity contribution in [1.29, 1.82) is 0 Å². The quantitative estimate of drug-likeness (QED) is 0.772. The van der Waals surface area contributed by atoms with Crippen molar-refractivity contribution in [3.63, 3.8) is 0 Å². The third-order valence-corrected chi connectivity index (χ3v) is 2.57. The van der Waals surface area contributed by atoms with E-state index in [9.17, 15) is 14.4 Å². The summed E-state index contributed by atoms with van der Waals surface area (Å²) in [6.07, 6.45) is 0.0219. The Labute approximate surface area is 110 Å². The largest absolute Gasteiger partial charge is 0.465 e. The lowest BCUT2D eigenvalue weighted by molar-refractivity contribution is -0.125. The third-order valence-electron chi connectivity index (χ3n) is 2.57. The van der Waals surface area contributed by atoms with Crippen molar-refractivity contribution in [1.82, 2.24) is 0 Å². The van der Waals surface area contributed by atoms with Crippen LogP contribution in [0.15, 0.2) is 24.3 Å². The monoisotopic (exact) mass is 264 g/mol. The second kappa shape index (κ2) is 6.53. The Morgan fingerprint density at radius 3 is 2.32 bits per heavy atom. The molecule has 3 N–H and O–H groups in total. The molecule has 19 heavy (non-hydrogen) atoms. The van der Waals surface area contributed by atoms with Gasteiger partial charge in [0, 0.05) is 18.0 Å². The molecule has 1 atom stereocenters. The Morgan fingerprint density at radius 2 is 1.84 bits per heavy atom. The van der Waals surface area contributed by atoms with E-state index in [1.54, 1.807) is 31.2 Å². The Bertz CT molecular complexity index is 482. The lowest BCUT2D eigenvalue weighted by Gasteiger charge is -2.08. The number of benzene rings is 1. The van der Waals surface area contributed by atoms with Crippen molar-refractivity contribution >= 4 is 23.5 Å². The number of nitrogens with two attached hydrogens (primary N) is 1. The van der Waals surface area contributed by atoms with E-state index >= 15 is 0 Å². The predicted molar refractivity (Wildman–Crippen MR) is 69.4 cm³/mol. The summed E-state index contributed by atoms with van der Waals surface area (Å²) >= 11 is 0. The first-order valence-corrected chi connectivity index (χ1v) is 5.71. The maximum atomic E-state index is 11.6. The minimum atomic E-state index is -0.519. The van der Waals surface area contributed by atoms with Gasteiger partial charge in [0.05, 0.1) is 12.7 Å². The number of methoxy groups -OCH3 is 1. The average Bonchev–Trinajstić information content (AvgIpc) is 2.38. The van der Waals surface area contributed by atoms with Crippen LogP contribution in [0.2, 0.25) is 0 Å². The van der Waals surface area contributed by atoms with Gasteiger partial charge in [-0.2, -0.15) is 0 Å². The van der Waals surface area contributed by atoms with Gasteiger partial charge in [-0.25, -0.2) is 4.79 Å². The highest BCUT2D eigenvalue weighted by atomic mass is 16.5. The molecule has 1 unspecified atom stereocenters. The Kier molecular flexibility index (Phi) is 5.05. The normalized spacial score (nSPS) is 11.5. The van der Waals surface area contributed by atoms with E-state index in [0.717, 1.165) is 0 Å². The van der Waals surface area contributed by atoms with Crippen molar-refractivity contribution in [3.8, 4) is 0 Å². The Balaban J connectivity index is 2.60. The molecular weight excluding hydrogens is 248 g/mol. The molecule has 2 amide bonds. The first-order chi connectivity index (χ1) is 8.93. The number of anilines is 1. The van der Waals surface area contributed by atoms with Crippen molar-refractivity contribution in [3.05, 3.63) is 29.8 Å². The van der Waals surface area contributed by atoms with Crippen LogP contribution in [-0.2, 0) is 14.3 Å². The molecule has 0 aliphatic heterocycles. The number of primary amides is 1. The lowest BCUT2D eigenvalue weighted by Crippen LogP contribution is -2.25. The lowest BCUT2D eigenvalue weighted by atomic mass is 10.1. The molecule has 0 aliphatic rings. The number of carbonyl (C=O) groups is 3. The molecule has 1 aromatic rings. The van der Waals surface area contributed by atoms with Crippen LogP contribution < -0.4 is 11.1 Å². The zero-order valence-electron chi connectivity index (χ0n) is 10.8. The van der Waals surface area contributed by atoms with E-state index in [1.807, 2.05) is 0 Å². The number of hydrogen-bond acceptors (Lipinski definition) is 4. The molecule has 102 valence electrons. The number of rotatable bonds is 5. The van der Waals surface area contributed by atoms with Crippen molar-refractivity contribution in [2.75, 3.05) is 12.4 Å². The van der Waals surface area contributed by atoms with Gasteiger partial charge in [0.2, 0.25) is 11.8 Å². The molecule has 0 saturated carbocycles. The van der Waals surface area contributed by atoms with E-state index in [1.165, 1.54) is 7.11 Å². The SMILES string of the molecule is COC(=O)c1ccc(NC(=O)CC(C)C(N)=O)cc1. The summed E-state index contributed by atoms with van der Waals surface area (Å²) in [5.74, 6) is -1.79. The number of ether oxygens (including phenoxy) is 1. The molecule has 0 bridgehead atoms. The molecule has 0 fully saturated rings. The first kappa shape index (κ1) is 14.7. The van der Waals surface area contributed by atoms with Crippen LogP contribution in [0, 0.1) is 5.92 Å². The first-order valence-electron chi connectivity index (χ1n) is 5.71. The summed E-state index contributed by atoms with van der Waals surface area (Å²) in [6, 6.07) is 6.25. The van der Waals surface area contributed by atoms with Gasteiger partial charge >= 0.3 is 5.97 Å². The maximum absolute atomic E-state index is 11.6. The second-order valence-corrected chi connectivity index (χ2v) is 4.12. The summed E-state index contributed by atoms with van der Waals surface area (Å²) in [6.45, 7) is 1.59. The molecule has 6 heteroatoms. The maximum Gasteiger partial charge on any atom is 0.337 e. The number of hydrogen-bond donors (Lipinski definition) is 2. The highest BCUT2D eigenvalue weighted by Crippen LogP contribution is 2.12. The minimum absolute atomic E-state index is 0.0219. The summed E-state index contributed by atoms with van der Waals surface area (Å²) in [5, 5.41) is 2.61. The Morgan fingerprint density at radius 1 is 1.26 bits per heavy atom. The number of carbonyl (C=O) groups excluding carboxylic acids is 3. The van der Waals surface area contributed by atoms with Gasteiger partial charge in [0.25, 0.3) is 0 Å². The predicted octanol–water partition coefficient (Wildman–Crippen LogP) is 0.923. The van der Waals surface area contributed by atoms with Gasteiger partial charge in [-0.15, -0.1) is 0 Å². The topological polar surface area (TPSA) is 98.5 Å². The number of nitrogens with one attached hydrogen (secondary N) is 1. The van der Waals surface area contributed by atoms with Crippen LogP contribution in [0.3, 0.4) is 0 Å². The van der Waals surface area contributed by atoms with Gasteiger partial charge in [0.1, 0.15) is 0 Å². The zero-order chi connectivity index (χ0) is 14.4. The second-order valence-electron chi connectivity index (χ2n) is 4.12. The molecule has 0 heterocycles. The highest BCUT2D eigenvalue weighted by molar-refractivity contribution is 5.94. The molecule has 0 saturated heterocycles. The highest BCUT2D eigenvalue weighted by Gasteiger charge is 2.14. The van der Waals surface area contributed by atoms with E-state index in [4.69, 9.17) is 5.73 Å². The fourth-order valence-corrected chi connectivity index (χ4v) is 1.40. The summed E-state index contributed by atoms with van der Waals surface area (Å²) in [7, 11) is 1.29. The molecule has 0 aliphatic carbocycles. The van der Waals surface area contributed by atoms with Crippen LogP contribution in [0.1, 0.15) is 23.7 Å². The van der Waals surface area contributed by atoms with Crippen LogP contribution in [0.25, 0.3) is 0 Å². The number of amides is 2. The summed E-state index contributed by atoms with van der Waals surface area (Å²) in [4.78, 5) is 33.6. The minimum Gasteiger partial charge on any atom is -0.465 e. The van der Waals surface area contributed by atoms with E-state index in [2.05, 4.69) is 10.1 Å². The smallest absolute Gasteiger partial charge is 0.337 e. The molecule has 0 aromatic heterocycles. The van der Waals surface area contributed by atoms with E-state index in [-0.39, 0.29) is 12.3 Å². The fourth-order valence-electron chi connectivity index (χ4n) is 1.40. The van der Waals surface area contributed by atoms with Crippen molar-refractivity contribution in [2.24, 2.45) is 11.7 Å². The fraction of sp³-hybridized carbons (Fsp3) is 0.308. The van der Waals surface area contributed by atoms with Crippen LogP contribution >= 0.6 is 0 Å². The zero-order valence-corrected chi connectivity index (χ0v) is 10.8. The van der Waals surface area contributed by atoms with Crippen LogP contribution in [-0.4, -0.2) is 24.9 Å². The standard InChI is InChI=1S/C13H16N2O4/c1-8(12(14)17)7-11(16)15-10-5-3-9(4-6-10)13(18)19-2/h3-6,8H,7H2,1-2H3,(H2,14,17)(H,15,16). The molecule has 6 nitrogen and oxygen atoms in total. The van der Waals surface area contributed by atoms with Gasteiger partial charge in [0.15, 0.2) is 0 Å². The molecule has 1 aromatic carbocycles.